The molecule has 0 radical (unpaired) electrons. The van der Waals surface area contributed by atoms with Crippen molar-refractivity contribution in [3.63, 3.8) is 0 Å². The first-order valence-corrected chi connectivity index (χ1v) is 7.73. The van der Waals surface area contributed by atoms with Crippen molar-refractivity contribution >= 4 is 5.69 Å². The third-order valence-electron chi connectivity index (χ3n) is 4.54. The summed E-state index contributed by atoms with van der Waals surface area (Å²) in [6, 6.07) is 8.54. The van der Waals surface area contributed by atoms with Crippen LogP contribution in [0.2, 0.25) is 0 Å². The van der Waals surface area contributed by atoms with E-state index < -0.39 is 0 Å². The van der Waals surface area contributed by atoms with Crippen LogP contribution in [0.25, 0.3) is 0 Å². The zero-order chi connectivity index (χ0) is 13.9. The SMILES string of the molecule is CCN1CC(N2CCC(Oc3cccc(N)c3)CC2)C1. The van der Waals surface area contributed by atoms with Crippen molar-refractivity contribution in [3.05, 3.63) is 24.3 Å². The lowest BCUT2D eigenvalue weighted by Gasteiger charge is -2.47. The third-order valence-corrected chi connectivity index (χ3v) is 4.54. The van der Waals surface area contributed by atoms with Crippen LogP contribution in [0, 0.1) is 0 Å². The molecule has 2 aliphatic rings. The van der Waals surface area contributed by atoms with Crippen LogP contribution in [0.4, 0.5) is 5.69 Å². The standard InChI is InChI=1S/C16H25N3O/c1-2-18-11-14(12-18)19-8-6-15(7-9-19)20-16-5-3-4-13(17)10-16/h3-5,10,14-15H,2,6-9,11-12,17H2,1H3. The molecule has 0 aromatic heterocycles. The van der Waals surface area contributed by atoms with Crippen LogP contribution in [0.15, 0.2) is 24.3 Å². The minimum atomic E-state index is 0.343. The van der Waals surface area contributed by atoms with Crippen LogP contribution in [0.5, 0.6) is 5.75 Å². The maximum absolute atomic E-state index is 6.04. The molecule has 2 heterocycles. The molecular formula is C16H25N3O. The molecule has 0 spiro atoms. The molecule has 0 amide bonds. The molecule has 1 aromatic carbocycles. The van der Waals surface area contributed by atoms with Gasteiger partial charge in [0.25, 0.3) is 0 Å². The second-order valence-corrected chi connectivity index (χ2v) is 5.93. The summed E-state index contributed by atoms with van der Waals surface area (Å²) in [5.74, 6) is 0.907. The van der Waals surface area contributed by atoms with Gasteiger partial charge in [0.1, 0.15) is 11.9 Å². The number of benzene rings is 1. The van der Waals surface area contributed by atoms with E-state index in [4.69, 9.17) is 10.5 Å². The Morgan fingerprint density at radius 3 is 2.65 bits per heavy atom. The van der Waals surface area contributed by atoms with E-state index in [2.05, 4.69) is 16.7 Å². The van der Waals surface area contributed by atoms with Gasteiger partial charge < -0.3 is 15.4 Å². The van der Waals surface area contributed by atoms with Crippen LogP contribution >= 0.6 is 0 Å². The minimum absolute atomic E-state index is 0.343. The maximum atomic E-state index is 6.04. The number of piperidine rings is 1. The average molecular weight is 275 g/mol. The normalized spacial score (nSPS) is 22.6. The lowest BCUT2D eigenvalue weighted by atomic mass is 10.0. The number of hydrogen-bond acceptors (Lipinski definition) is 4. The number of hydrogen-bond donors (Lipinski definition) is 1. The predicted octanol–water partition coefficient (Wildman–Crippen LogP) is 1.82. The number of nitrogens with zero attached hydrogens (tertiary/aromatic N) is 2. The summed E-state index contributed by atoms with van der Waals surface area (Å²) in [5.41, 5.74) is 6.56. The molecule has 110 valence electrons. The number of likely N-dealkylation sites (tertiary alicyclic amines) is 2. The summed E-state index contributed by atoms with van der Waals surface area (Å²) in [6.07, 6.45) is 2.59. The first-order chi connectivity index (χ1) is 9.74. The van der Waals surface area contributed by atoms with E-state index in [-0.39, 0.29) is 0 Å². The zero-order valence-electron chi connectivity index (χ0n) is 12.3. The van der Waals surface area contributed by atoms with Crippen molar-refractivity contribution in [2.24, 2.45) is 0 Å². The van der Waals surface area contributed by atoms with E-state index in [1.807, 2.05) is 24.3 Å². The van der Waals surface area contributed by atoms with Gasteiger partial charge in [0.2, 0.25) is 0 Å². The lowest BCUT2D eigenvalue weighted by Crippen LogP contribution is -2.60. The van der Waals surface area contributed by atoms with Crippen molar-refractivity contribution < 1.29 is 4.74 Å². The Morgan fingerprint density at radius 2 is 2.00 bits per heavy atom. The van der Waals surface area contributed by atoms with Gasteiger partial charge in [-0.2, -0.15) is 0 Å². The minimum Gasteiger partial charge on any atom is -0.490 e. The average Bonchev–Trinajstić information content (AvgIpc) is 2.39. The van der Waals surface area contributed by atoms with Gasteiger partial charge in [-0.15, -0.1) is 0 Å². The fourth-order valence-electron chi connectivity index (χ4n) is 3.17. The van der Waals surface area contributed by atoms with E-state index in [0.29, 0.717) is 6.10 Å². The van der Waals surface area contributed by atoms with Crippen molar-refractivity contribution in [1.29, 1.82) is 0 Å². The van der Waals surface area contributed by atoms with Crippen molar-refractivity contribution in [3.8, 4) is 5.75 Å². The van der Waals surface area contributed by atoms with Gasteiger partial charge in [0, 0.05) is 44.0 Å². The highest BCUT2D eigenvalue weighted by molar-refractivity contribution is 5.43. The second kappa shape index (κ2) is 6.02. The van der Waals surface area contributed by atoms with Crippen LogP contribution in [-0.2, 0) is 0 Å². The van der Waals surface area contributed by atoms with Crippen LogP contribution in [0.3, 0.4) is 0 Å². The van der Waals surface area contributed by atoms with Crippen LogP contribution in [0.1, 0.15) is 19.8 Å². The van der Waals surface area contributed by atoms with Crippen molar-refractivity contribution in [2.45, 2.75) is 31.9 Å². The van der Waals surface area contributed by atoms with E-state index in [9.17, 15) is 0 Å². The van der Waals surface area contributed by atoms with Gasteiger partial charge in [0.15, 0.2) is 0 Å². The van der Waals surface area contributed by atoms with E-state index in [1.165, 1.54) is 19.6 Å². The smallest absolute Gasteiger partial charge is 0.121 e. The summed E-state index contributed by atoms with van der Waals surface area (Å²) >= 11 is 0. The van der Waals surface area contributed by atoms with Gasteiger partial charge in [-0.25, -0.2) is 0 Å². The number of likely N-dealkylation sites (N-methyl/N-ethyl adjacent to an activating group) is 1. The topological polar surface area (TPSA) is 41.7 Å². The Kier molecular flexibility index (Phi) is 4.13. The molecule has 2 aliphatic heterocycles. The molecule has 0 unspecified atom stereocenters. The van der Waals surface area contributed by atoms with Crippen LogP contribution < -0.4 is 10.5 Å². The molecular weight excluding hydrogens is 250 g/mol. The first-order valence-electron chi connectivity index (χ1n) is 7.73. The molecule has 20 heavy (non-hydrogen) atoms. The number of nitrogen functional groups attached to an aromatic ring is 1. The molecule has 0 saturated carbocycles. The molecule has 3 rings (SSSR count). The van der Waals surface area contributed by atoms with Crippen molar-refractivity contribution in [2.75, 3.05) is 38.5 Å². The second-order valence-electron chi connectivity index (χ2n) is 5.93. The fraction of sp³-hybridized carbons (Fsp3) is 0.625. The Hall–Kier alpha value is -1.26. The summed E-state index contributed by atoms with van der Waals surface area (Å²) in [5, 5.41) is 0. The highest BCUT2D eigenvalue weighted by atomic mass is 16.5. The molecule has 0 aliphatic carbocycles. The van der Waals surface area contributed by atoms with E-state index in [0.717, 1.165) is 43.4 Å². The Bertz CT molecular complexity index is 437. The third kappa shape index (κ3) is 3.07. The number of nitrogens with two attached hydrogens (primary N) is 1. The molecule has 2 fully saturated rings. The molecule has 0 bridgehead atoms. The van der Waals surface area contributed by atoms with E-state index >= 15 is 0 Å². The summed E-state index contributed by atoms with van der Waals surface area (Å²) in [7, 11) is 0. The molecule has 4 nitrogen and oxygen atoms in total. The molecule has 4 heteroatoms. The van der Waals surface area contributed by atoms with E-state index in [1.54, 1.807) is 0 Å². The largest absolute Gasteiger partial charge is 0.490 e. The highest BCUT2D eigenvalue weighted by Crippen LogP contribution is 2.24. The predicted molar refractivity (Wildman–Crippen MR) is 82.0 cm³/mol. The number of ether oxygens (including phenoxy) is 1. The fourth-order valence-corrected chi connectivity index (χ4v) is 3.17. The quantitative estimate of drug-likeness (QED) is 0.851. The van der Waals surface area contributed by atoms with Gasteiger partial charge in [-0.3, -0.25) is 4.90 Å². The maximum Gasteiger partial charge on any atom is 0.121 e. The Morgan fingerprint density at radius 1 is 1.25 bits per heavy atom. The Balaban J connectivity index is 1.45. The number of anilines is 1. The van der Waals surface area contributed by atoms with Gasteiger partial charge in [-0.05, 0) is 31.5 Å². The van der Waals surface area contributed by atoms with Gasteiger partial charge in [0.05, 0.1) is 0 Å². The molecule has 1 aromatic rings. The van der Waals surface area contributed by atoms with Crippen LogP contribution in [-0.4, -0.2) is 54.7 Å². The lowest BCUT2D eigenvalue weighted by molar-refractivity contribution is 0.00335. The first kappa shape index (κ1) is 13.7. The highest BCUT2D eigenvalue weighted by Gasteiger charge is 2.33. The monoisotopic (exact) mass is 275 g/mol. The Labute approximate surface area is 121 Å². The molecule has 0 atom stereocenters. The summed E-state index contributed by atoms with van der Waals surface area (Å²) in [6.45, 7) is 8.24. The summed E-state index contributed by atoms with van der Waals surface area (Å²) < 4.78 is 6.04. The summed E-state index contributed by atoms with van der Waals surface area (Å²) in [4.78, 5) is 5.13. The number of rotatable bonds is 4. The molecule has 2 saturated heterocycles. The zero-order valence-corrected chi connectivity index (χ0v) is 12.3. The van der Waals surface area contributed by atoms with Gasteiger partial charge >= 0.3 is 0 Å². The van der Waals surface area contributed by atoms with Gasteiger partial charge in [-0.1, -0.05) is 13.0 Å². The van der Waals surface area contributed by atoms with Crippen molar-refractivity contribution in [1.82, 2.24) is 9.80 Å². The molecule has 2 N–H and O–H groups in total.